The quantitative estimate of drug-likeness (QED) is 0.840. The molecular weight excluding hydrogens is 242 g/mol. The van der Waals surface area contributed by atoms with Gasteiger partial charge in [0.2, 0.25) is 0 Å². The molecule has 2 N–H and O–H groups in total. The average molecular weight is 267 g/mol. The zero-order valence-electron chi connectivity index (χ0n) is 13.0. The van der Waals surface area contributed by atoms with Crippen molar-refractivity contribution in [1.82, 2.24) is 0 Å². The van der Waals surface area contributed by atoms with E-state index in [0.29, 0.717) is 5.92 Å². The number of hydrogen-bond acceptors (Lipinski definition) is 1. The van der Waals surface area contributed by atoms with E-state index in [1.165, 1.54) is 34.2 Å². The van der Waals surface area contributed by atoms with Crippen LogP contribution in [0.25, 0.3) is 0 Å². The minimum Gasteiger partial charge on any atom is -0.320 e. The predicted octanol–water partition coefficient (Wildman–Crippen LogP) is 4.87. The molecule has 2 aromatic rings. The fourth-order valence-electron chi connectivity index (χ4n) is 2.75. The molecule has 1 heteroatoms. The molecule has 0 saturated heterocycles. The summed E-state index contributed by atoms with van der Waals surface area (Å²) in [5.41, 5.74) is 12.8. The van der Waals surface area contributed by atoms with Crippen molar-refractivity contribution < 1.29 is 0 Å². The van der Waals surface area contributed by atoms with E-state index in [9.17, 15) is 0 Å². The van der Waals surface area contributed by atoms with Gasteiger partial charge in [-0.3, -0.25) is 0 Å². The summed E-state index contributed by atoms with van der Waals surface area (Å²) in [5, 5.41) is 0. The maximum atomic E-state index is 6.48. The van der Waals surface area contributed by atoms with Crippen molar-refractivity contribution in [3.05, 3.63) is 70.3 Å². The number of nitrogens with two attached hydrogens (primary N) is 1. The lowest BCUT2D eigenvalue weighted by Crippen LogP contribution is -2.14. The summed E-state index contributed by atoms with van der Waals surface area (Å²) in [6.45, 7) is 8.76. The Balaban J connectivity index is 2.32. The molecule has 2 aromatic carbocycles. The summed E-state index contributed by atoms with van der Waals surface area (Å²) in [4.78, 5) is 0. The molecule has 0 heterocycles. The summed E-state index contributed by atoms with van der Waals surface area (Å²) < 4.78 is 0. The van der Waals surface area contributed by atoms with Crippen LogP contribution < -0.4 is 5.73 Å². The number of aryl methyl sites for hydroxylation is 2. The van der Waals surface area contributed by atoms with Crippen molar-refractivity contribution in [1.29, 1.82) is 0 Å². The van der Waals surface area contributed by atoms with E-state index < -0.39 is 0 Å². The summed E-state index contributed by atoms with van der Waals surface area (Å²) in [7, 11) is 0. The minimum atomic E-state index is -0.0396. The maximum absolute atomic E-state index is 6.48. The van der Waals surface area contributed by atoms with E-state index in [4.69, 9.17) is 5.73 Å². The SMILES string of the molecule is CCC(C)c1ccc(C(N)c2c(C)cccc2C)cc1. The third kappa shape index (κ3) is 2.94. The number of benzene rings is 2. The zero-order valence-corrected chi connectivity index (χ0v) is 13.0. The van der Waals surface area contributed by atoms with E-state index in [0.717, 1.165) is 0 Å². The van der Waals surface area contributed by atoms with E-state index in [2.05, 4.69) is 70.2 Å². The van der Waals surface area contributed by atoms with Gasteiger partial charge in [-0.05, 0) is 54.0 Å². The van der Waals surface area contributed by atoms with E-state index in [1.807, 2.05) is 0 Å². The second-order valence-corrected chi connectivity index (χ2v) is 5.76. The van der Waals surface area contributed by atoms with Crippen LogP contribution in [0.3, 0.4) is 0 Å². The second kappa shape index (κ2) is 6.23. The molecule has 0 aliphatic heterocycles. The molecule has 0 radical (unpaired) electrons. The van der Waals surface area contributed by atoms with E-state index in [1.54, 1.807) is 0 Å². The summed E-state index contributed by atoms with van der Waals surface area (Å²) >= 11 is 0. The molecule has 0 aromatic heterocycles. The van der Waals surface area contributed by atoms with Crippen molar-refractivity contribution >= 4 is 0 Å². The summed E-state index contributed by atoms with van der Waals surface area (Å²) in [6.07, 6.45) is 1.17. The van der Waals surface area contributed by atoms with Gasteiger partial charge in [0.25, 0.3) is 0 Å². The molecule has 106 valence electrons. The molecule has 0 amide bonds. The van der Waals surface area contributed by atoms with Gasteiger partial charge in [0, 0.05) is 0 Å². The van der Waals surface area contributed by atoms with Gasteiger partial charge in [0.05, 0.1) is 6.04 Å². The Kier molecular flexibility index (Phi) is 4.61. The van der Waals surface area contributed by atoms with Gasteiger partial charge in [-0.2, -0.15) is 0 Å². The first-order valence-electron chi connectivity index (χ1n) is 7.46. The van der Waals surface area contributed by atoms with Crippen molar-refractivity contribution in [2.45, 2.75) is 46.1 Å². The molecule has 0 spiro atoms. The van der Waals surface area contributed by atoms with E-state index in [-0.39, 0.29) is 6.04 Å². The fraction of sp³-hybridized carbons (Fsp3) is 0.368. The molecule has 0 saturated carbocycles. The largest absolute Gasteiger partial charge is 0.320 e. The third-order valence-electron chi connectivity index (χ3n) is 4.33. The van der Waals surface area contributed by atoms with E-state index >= 15 is 0 Å². The molecule has 2 rings (SSSR count). The highest BCUT2D eigenvalue weighted by atomic mass is 14.6. The van der Waals surface area contributed by atoms with Crippen molar-refractivity contribution in [2.75, 3.05) is 0 Å². The van der Waals surface area contributed by atoms with Gasteiger partial charge in [0.1, 0.15) is 0 Å². The lowest BCUT2D eigenvalue weighted by atomic mass is 9.90. The van der Waals surface area contributed by atoms with Gasteiger partial charge < -0.3 is 5.73 Å². The molecule has 2 unspecified atom stereocenters. The standard InChI is InChI=1S/C19H25N/c1-5-13(2)16-9-11-17(12-10-16)19(20)18-14(3)7-6-8-15(18)4/h6-13,19H,5,20H2,1-4H3. The Labute approximate surface area is 122 Å². The minimum absolute atomic E-state index is 0.0396. The molecule has 20 heavy (non-hydrogen) atoms. The lowest BCUT2D eigenvalue weighted by molar-refractivity contribution is 0.732. The molecule has 1 nitrogen and oxygen atoms in total. The first kappa shape index (κ1) is 14.8. The van der Waals surface area contributed by atoms with Crippen LogP contribution >= 0.6 is 0 Å². The van der Waals surface area contributed by atoms with Crippen LogP contribution in [0.4, 0.5) is 0 Å². The first-order chi connectivity index (χ1) is 9.54. The number of hydrogen-bond donors (Lipinski definition) is 1. The summed E-state index contributed by atoms with van der Waals surface area (Å²) in [6, 6.07) is 15.1. The third-order valence-corrected chi connectivity index (χ3v) is 4.33. The van der Waals surface area contributed by atoms with Gasteiger partial charge >= 0.3 is 0 Å². The van der Waals surface area contributed by atoms with Gasteiger partial charge in [-0.1, -0.05) is 56.3 Å². The smallest absolute Gasteiger partial charge is 0.0556 e. The topological polar surface area (TPSA) is 26.0 Å². The van der Waals surface area contributed by atoms with Gasteiger partial charge in [0.15, 0.2) is 0 Å². The highest BCUT2D eigenvalue weighted by Crippen LogP contribution is 2.27. The second-order valence-electron chi connectivity index (χ2n) is 5.76. The van der Waals surface area contributed by atoms with Crippen molar-refractivity contribution in [3.63, 3.8) is 0 Å². The molecule has 0 bridgehead atoms. The maximum Gasteiger partial charge on any atom is 0.0556 e. The van der Waals surface area contributed by atoms with Crippen LogP contribution in [-0.4, -0.2) is 0 Å². The molecule has 0 aliphatic carbocycles. The molecule has 0 aliphatic rings. The van der Waals surface area contributed by atoms with Crippen LogP contribution in [-0.2, 0) is 0 Å². The van der Waals surface area contributed by atoms with Crippen molar-refractivity contribution in [3.8, 4) is 0 Å². The first-order valence-corrected chi connectivity index (χ1v) is 7.46. The predicted molar refractivity (Wildman–Crippen MR) is 87.1 cm³/mol. The molecule has 0 fully saturated rings. The lowest BCUT2D eigenvalue weighted by Gasteiger charge is -2.19. The van der Waals surface area contributed by atoms with Gasteiger partial charge in [-0.15, -0.1) is 0 Å². The number of rotatable bonds is 4. The Morgan fingerprint density at radius 1 is 0.900 bits per heavy atom. The monoisotopic (exact) mass is 267 g/mol. The van der Waals surface area contributed by atoms with Crippen LogP contribution in [0.2, 0.25) is 0 Å². The van der Waals surface area contributed by atoms with Crippen LogP contribution in [0.15, 0.2) is 42.5 Å². The Morgan fingerprint density at radius 3 is 1.90 bits per heavy atom. The van der Waals surface area contributed by atoms with Crippen molar-refractivity contribution in [2.24, 2.45) is 5.73 Å². The normalized spacial score (nSPS) is 14.1. The van der Waals surface area contributed by atoms with Gasteiger partial charge in [-0.25, -0.2) is 0 Å². The highest BCUT2D eigenvalue weighted by molar-refractivity contribution is 5.42. The van der Waals surface area contributed by atoms with Crippen LogP contribution in [0, 0.1) is 13.8 Å². The Morgan fingerprint density at radius 2 is 1.40 bits per heavy atom. The summed E-state index contributed by atoms with van der Waals surface area (Å²) in [5.74, 6) is 0.612. The molecule has 2 atom stereocenters. The Bertz CT molecular complexity index is 549. The average Bonchev–Trinajstić information content (AvgIpc) is 2.46. The Hall–Kier alpha value is -1.60. The fourth-order valence-corrected chi connectivity index (χ4v) is 2.75. The van der Waals surface area contributed by atoms with Crippen LogP contribution in [0.5, 0.6) is 0 Å². The van der Waals surface area contributed by atoms with Crippen LogP contribution in [0.1, 0.15) is 60.0 Å². The molecular formula is C19H25N. The zero-order chi connectivity index (χ0) is 14.7. The highest BCUT2D eigenvalue weighted by Gasteiger charge is 2.14.